The zero-order chi connectivity index (χ0) is 12.3. The van der Waals surface area contributed by atoms with Crippen LogP contribution >= 0.6 is 11.8 Å². The molecule has 0 bridgehead atoms. The van der Waals surface area contributed by atoms with Crippen LogP contribution in [0.5, 0.6) is 0 Å². The van der Waals surface area contributed by atoms with Crippen molar-refractivity contribution in [3.63, 3.8) is 0 Å². The van der Waals surface area contributed by atoms with Gasteiger partial charge >= 0.3 is 0 Å². The van der Waals surface area contributed by atoms with Gasteiger partial charge in [-0.15, -0.1) is 0 Å². The van der Waals surface area contributed by atoms with E-state index in [2.05, 4.69) is 53.8 Å². The number of nitrogens with one attached hydrogen (secondary N) is 1. The summed E-state index contributed by atoms with van der Waals surface area (Å²) in [6, 6.07) is 2.82. The molecule has 3 nitrogen and oxygen atoms in total. The van der Waals surface area contributed by atoms with Crippen molar-refractivity contribution in [2.24, 2.45) is 0 Å². The molecule has 4 heteroatoms. The molecule has 1 aliphatic rings. The van der Waals surface area contributed by atoms with E-state index in [0.29, 0.717) is 6.04 Å². The van der Waals surface area contributed by atoms with Crippen LogP contribution < -0.4 is 5.32 Å². The Bertz CT molecular complexity index is 356. The Morgan fingerprint density at radius 3 is 3.06 bits per heavy atom. The summed E-state index contributed by atoms with van der Waals surface area (Å²) in [6.45, 7) is 5.21. The highest BCUT2D eigenvalue weighted by molar-refractivity contribution is 8.00. The average molecular weight is 253 g/mol. The summed E-state index contributed by atoms with van der Waals surface area (Å²) >= 11 is 2.12. The Morgan fingerprint density at radius 2 is 2.47 bits per heavy atom. The number of aromatic nitrogens is 2. The molecule has 17 heavy (non-hydrogen) atoms. The van der Waals surface area contributed by atoms with Gasteiger partial charge in [-0.2, -0.15) is 16.9 Å². The average Bonchev–Trinajstić information content (AvgIpc) is 2.94. The van der Waals surface area contributed by atoms with Crippen molar-refractivity contribution in [1.29, 1.82) is 0 Å². The number of aryl methyl sites for hydroxylation is 2. The largest absolute Gasteiger partial charge is 0.316 e. The van der Waals surface area contributed by atoms with Gasteiger partial charge in [-0.3, -0.25) is 4.68 Å². The molecule has 2 rings (SSSR count). The summed E-state index contributed by atoms with van der Waals surface area (Å²) in [5, 5.41) is 8.79. The molecule has 0 amide bonds. The maximum Gasteiger partial charge on any atom is 0.0596 e. The molecule has 1 aromatic heterocycles. The first-order valence-corrected chi connectivity index (χ1v) is 7.61. The second-order valence-electron chi connectivity index (χ2n) is 4.74. The smallest absolute Gasteiger partial charge is 0.0596 e. The number of rotatable bonds is 5. The van der Waals surface area contributed by atoms with Crippen molar-refractivity contribution < 1.29 is 0 Å². The van der Waals surface area contributed by atoms with Gasteiger partial charge in [0.2, 0.25) is 0 Å². The molecule has 2 heterocycles. The van der Waals surface area contributed by atoms with Crippen LogP contribution in [0.2, 0.25) is 0 Å². The SMILES string of the molecule is CCn1nc(C)cc1CC(NC)C1CCCS1. The molecular weight excluding hydrogens is 230 g/mol. The maximum absolute atomic E-state index is 4.53. The van der Waals surface area contributed by atoms with E-state index in [9.17, 15) is 0 Å². The van der Waals surface area contributed by atoms with Gasteiger partial charge in [0.25, 0.3) is 0 Å². The van der Waals surface area contributed by atoms with Crippen molar-refractivity contribution in [3.8, 4) is 0 Å². The monoisotopic (exact) mass is 253 g/mol. The maximum atomic E-state index is 4.53. The zero-order valence-corrected chi connectivity index (χ0v) is 11.9. The number of likely N-dealkylation sites (N-methyl/N-ethyl adjacent to an activating group) is 1. The summed E-state index contributed by atoms with van der Waals surface area (Å²) in [6.07, 6.45) is 3.83. The summed E-state index contributed by atoms with van der Waals surface area (Å²) < 4.78 is 2.14. The molecule has 1 saturated heterocycles. The minimum Gasteiger partial charge on any atom is -0.316 e. The van der Waals surface area contributed by atoms with Crippen LogP contribution in [0.4, 0.5) is 0 Å². The first-order valence-electron chi connectivity index (χ1n) is 6.56. The third kappa shape index (κ3) is 3.05. The van der Waals surface area contributed by atoms with Gasteiger partial charge in [-0.05, 0) is 45.6 Å². The van der Waals surface area contributed by atoms with Gasteiger partial charge in [0.05, 0.1) is 5.69 Å². The van der Waals surface area contributed by atoms with Crippen molar-refractivity contribution in [3.05, 3.63) is 17.5 Å². The fourth-order valence-corrected chi connectivity index (χ4v) is 4.04. The first kappa shape index (κ1) is 13.0. The Morgan fingerprint density at radius 1 is 1.65 bits per heavy atom. The summed E-state index contributed by atoms with van der Waals surface area (Å²) in [5.74, 6) is 1.33. The normalized spacial score (nSPS) is 21.9. The predicted octanol–water partition coefficient (Wildman–Crippen LogP) is 2.24. The van der Waals surface area contributed by atoms with E-state index in [4.69, 9.17) is 0 Å². The van der Waals surface area contributed by atoms with E-state index in [1.165, 1.54) is 24.3 Å². The van der Waals surface area contributed by atoms with Crippen LogP contribution in [0.1, 0.15) is 31.2 Å². The van der Waals surface area contributed by atoms with Gasteiger partial charge in [0, 0.05) is 30.0 Å². The van der Waals surface area contributed by atoms with Gasteiger partial charge < -0.3 is 5.32 Å². The lowest BCUT2D eigenvalue weighted by molar-refractivity contribution is 0.498. The highest BCUT2D eigenvalue weighted by atomic mass is 32.2. The van der Waals surface area contributed by atoms with Crippen LogP contribution in [-0.2, 0) is 13.0 Å². The van der Waals surface area contributed by atoms with Crippen LogP contribution in [0, 0.1) is 6.92 Å². The van der Waals surface area contributed by atoms with Crippen molar-refractivity contribution in [1.82, 2.24) is 15.1 Å². The molecule has 0 aliphatic carbocycles. The standard InChI is InChI=1S/C13H23N3S/c1-4-16-11(8-10(2)15-16)9-12(14-3)13-6-5-7-17-13/h8,12-14H,4-7,9H2,1-3H3. The molecule has 0 aromatic carbocycles. The van der Waals surface area contributed by atoms with Gasteiger partial charge in [0.15, 0.2) is 0 Å². The van der Waals surface area contributed by atoms with Crippen LogP contribution in [0.15, 0.2) is 6.07 Å². The van der Waals surface area contributed by atoms with Crippen LogP contribution in [0.3, 0.4) is 0 Å². The van der Waals surface area contributed by atoms with Gasteiger partial charge in [-0.25, -0.2) is 0 Å². The quantitative estimate of drug-likeness (QED) is 0.873. The van der Waals surface area contributed by atoms with Crippen molar-refractivity contribution >= 4 is 11.8 Å². The van der Waals surface area contributed by atoms with Gasteiger partial charge in [0.1, 0.15) is 0 Å². The second kappa shape index (κ2) is 5.91. The predicted molar refractivity (Wildman–Crippen MR) is 74.7 cm³/mol. The molecule has 1 aliphatic heterocycles. The topological polar surface area (TPSA) is 29.9 Å². The molecule has 96 valence electrons. The molecular formula is C13H23N3S. The molecule has 0 saturated carbocycles. The molecule has 2 atom stereocenters. The fourth-order valence-electron chi connectivity index (χ4n) is 2.60. The number of hydrogen-bond acceptors (Lipinski definition) is 3. The Labute approximate surface area is 108 Å². The van der Waals surface area contributed by atoms with Crippen molar-refractivity contribution in [2.45, 2.75) is 50.9 Å². The summed E-state index contributed by atoms with van der Waals surface area (Å²) in [7, 11) is 2.09. The molecule has 1 N–H and O–H groups in total. The molecule has 1 aromatic rings. The minimum absolute atomic E-state index is 0.587. The Balaban J connectivity index is 2.06. The third-order valence-corrected chi connectivity index (χ3v) is 5.02. The Kier molecular flexibility index (Phi) is 4.51. The van der Waals surface area contributed by atoms with E-state index in [-0.39, 0.29) is 0 Å². The van der Waals surface area contributed by atoms with Crippen molar-refractivity contribution in [2.75, 3.05) is 12.8 Å². The zero-order valence-electron chi connectivity index (χ0n) is 11.1. The van der Waals surface area contributed by atoms with E-state index in [1.807, 2.05) is 0 Å². The van der Waals surface area contributed by atoms with E-state index >= 15 is 0 Å². The number of thioether (sulfide) groups is 1. The van der Waals surface area contributed by atoms with Crippen LogP contribution in [0.25, 0.3) is 0 Å². The van der Waals surface area contributed by atoms with Crippen LogP contribution in [-0.4, -0.2) is 33.9 Å². The summed E-state index contributed by atoms with van der Waals surface area (Å²) in [4.78, 5) is 0. The number of hydrogen-bond donors (Lipinski definition) is 1. The fraction of sp³-hybridized carbons (Fsp3) is 0.769. The van der Waals surface area contributed by atoms with Gasteiger partial charge in [-0.1, -0.05) is 0 Å². The number of nitrogens with zero attached hydrogens (tertiary/aromatic N) is 2. The second-order valence-corrected chi connectivity index (χ2v) is 6.09. The highest BCUT2D eigenvalue weighted by Crippen LogP contribution is 2.30. The van der Waals surface area contributed by atoms with E-state index < -0.39 is 0 Å². The van der Waals surface area contributed by atoms with E-state index in [1.54, 1.807) is 0 Å². The molecule has 1 fully saturated rings. The Hall–Kier alpha value is -0.480. The first-order chi connectivity index (χ1) is 8.24. The summed E-state index contributed by atoms with van der Waals surface area (Å²) in [5.41, 5.74) is 2.51. The van der Waals surface area contributed by atoms with E-state index in [0.717, 1.165) is 23.9 Å². The molecule has 0 spiro atoms. The minimum atomic E-state index is 0.587. The lowest BCUT2D eigenvalue weighted by atomic mass is 10.0. The molecule has 2 unspecified atom stereocenters. The third-order valence-electron chi connectivity index (χ3n) is 3.50. The lowest BCUT2D eigenvalue weighted by Crippen LogP contribution is -2.37. The molecule has 0 radical (unpaired) electrons. The lowest BCUT2D eigenvalue weighted by Gasteiger charge is -2.22. The highest BCUT2D eigenvalue weighted by Gasteiger charge is 2.25.